The number of thiazole rings is 1. The van der Waals surface area contributed by atoms with Crippen molar-refractivity contribution in [2.75, 3.05) is 0 Å². The molecule has 6 heteroatoms. The lowest BCUT2D eigenvalue weighted by molar-refractivity contribution is 0.570. The first-order valence-electron chi connectivity index (χ1n) is 7.26. The van der Waals surface area contributed by atoms with Crippen LogP contribution >= 0.6 is 11.3 Å². The fraction of sp³-hybridized carbons (Fsp3) is 0.0556. The molecule has 24 heavy (non-hydrogen) atoms. The van der Waals surface area contributed by atoms with Crippen LogP contribution in [0.15, 0.2) is 48.1 Å². The Morgan fingerprint density at radius 2 is 1.83 bits per heavy atom. The lowest BCUT2D eigenvalue weighted by Gasteiger charge is -2.11. The Hall–Kier alpha value is -2.73. The van der Waals surface area contributed by atoms with Gasteiger partial charge in [-0.25, -0.2) is 18.7 Å². The zero-order valence-electron chi connectivity index (χ0n) is 12.6. The first kappa shape index (κ1) is 14.8. The average molecular weight is 339 g/mol. The number of nitrogens with zero attached hydrogens (tertiary/aromatic N) is 3. The highest BCUT2D eigenvalue weighted by Crippen LogP contribution is 2.33. The van der Waals surface area contributed by atoms with Crippen LogP contribution in [0.4, 0.5) is 8.78 Å². The van der Waals surface area contributed by atoms with Crippen LogP contribution in [0.5, 0.6) is 0 Å². The van der Waals surface area contributed by atoms with Gasteiger partial charge in [0.2, 0.25) is 0 Å². The van der Waals surface area contributed by atoms with Gasteiger partial charge >= 0.3 is 0 Å². The molecule has 3 heterocycles. The van der Waals surface area contributed by atoms with Gasteiger partial charge in [0, 0.05) is 22.9 Å². The highest BCUT2D eigenvalue weighted by molar-refractivity contribution is 7.16. The third kappa shape index (κ3) is 2.35. The smallest absolute Gasteiger partial charge is 0.143 e. The second-order valence-electron chi connectivity index (χ2n) is 5.31. The topological polar surface area (TPSA) is 38.7 Å². The Kier molecular flexibility index (Phi) is 3.54. The molecule has 0 atom stereocenters. The van der Waals surface area contributed by atoms with Gasteiger partial charge in [-0.1, -0.05) is 0 Å². The lowest BCUT2D eigenvalue weighted by atomic mass is 10.0. The monoisotopic (exact) mass is 339 g/mol. The number of hydrogen-bond donors (Lipinski definition) is 0. The fourth-order valence-corrected chi connectivity index (χ4v) is 3.23. The standard InChI is InChI=1S/C18H11F2N3S/c1-10-13(19)5-4-12(16(10)20)17-11(3-2-8-21-17)14-6-7-15-18(23-14)24-9-22-15/h2-9H,1H3. The molecule has 0 saturated carbocycles. The first-order chi connectivity index (χ1) is 11.6. The molecule has 0 unspecified atom stereocenters. The number of benzene rings is 1. The minimum Gasteiger partial charge on any atom is -0.255 e. The molecule has 0 N–H and O–H groups in total. The maximum Gasteiger partial charge on any atom is 0.143 e. The quantitative estimate of drug-likeness (QED) is 0.515. The number of pyridine rings is 2. The molecule has 0 spiro atoms. The van der Waals surface area contributed by atoms with E-state index in [1.807, 2.05) is 18.2 Å². The molecule has 118 valence electrons. The van der Waals surface area contributed by atoms with E-state index in [9.17, 15) is 8.78 Å². The van der Waals surface area contributed by atoms with Crippen molar-refractivity contribution in [1.82, 2.24) is 15.0 Å². The Balaban J connectivity index is 1.94. The Labute approximate surface area is 140 Å². The number of hydrogen-bond acceptors (Lipinski definition) is 4. The minimum absolute atomic E-state index is 0.0185. The summed E-state index contributed by atoms with van der Waals surface area (Å²) in [6.07, 6.45) is 1.59. The molecule has 4 aromatic rings. The highest BCUT2D eigenvalue weighted by atomic mass is 32.1. The summed E-state index contributed by atoms with van der Waals surface area (Å²) in [7, 11) is 0. The second kappa shape index (κ2) is 5.72. The predicted molar refractivity (Wildman–Crippen MR) is 90.7 cm³/mol. The van der Waals surface area contributed by atoms with Gasteiger partial charge < -0.3 is 0 Å². The zero-order chi connectivity index (χ0) is 16.7. The van der Waals surface area contributed by atoms with Crippen molar-refractivity contribution in [2.45, 2.75) is 6.92 Å². The van der Waals surface area contributed by atoms with Gasteiger partial charge in [-0.15, -0.1) is 11.3 Å². The maximum absolute atomic E-state index is 14.5. The van der Waals surface area contributed by atoms with E-state index in [0.29, 0.717) is 17.0 Å². The van der Waals surface area contributed by atoms with Gasteiger partial charge in [-0.3, -0.25) is 4.98 Å². The van der Waals surface area contributed by atoms with Crippen LogP contribution in [0.25, 0.3) is 32.9 Å². The van der Waals surface area contributed by atoms with Gasteiger partial charge in [0.15, 0.2) is 0 Å². The zero-order valence-corrected chi connectivity index (χ0v) is 13.4. The van der Waals surface area contributed by atoms with E-state index in [4.69, 9.17) is 0 Å². The SMILES string of the molecule is Cc1c(F)ccc(-c2ncccc2-c2ccc3ncsc3n2)c1F. The van der Waals surface area contributed by atoms with Crippen LogP contribution < -0.4 is 0 Å². The molecule has 4 rings (SSSR count). The summed E-state index contributed by atoms with van der Waals surface area (Å²) in [5.74, 6) is -1.17. The van der Waals surface area contributed by atoms with Crippen molar-refractivity contribution in [3.8, 4) is 22.5 Å². The summed E-state index contributed by atoms with van der Waals surface area (Å²) in [4.78, 5) is 13.9. The summed E-state index contributed by atoms with van der Waals surface area (Å²) < 4.78 is 28.1. The van der Waals surface area contributed by atoms with Crippen LogP contribution in [0, 0.1) is 18.6 Å². The third-order valence-corrected chi connectivity index (χ3v) is 4.59. The highest BCUT2D eigenvalue weighted by Gasteiger charge is 2.17. The molecule has 0 bridgehead atoms. The summed E-state index contributed by atoms with van der Waals surface area (Å²) in [5, 5.41) is 0. The van der Waals surface area contributed by atoms with E-state index in [1.165, 1.54) is 30.4 Å². The van der Waals surface area contributed by atoms with Gasteiger partial charge in [0.1, 0.15) is 16.5 Å². The number of aromatic nitrogens is 3. The number of rotatable bonds is 2. The summed E-state index contributed by atoms with van der Waals surface area (Å²) in [5.41, 5.74) is 4.60. The van der Waals surface area contributed by atoms with Crippen LogP contribution in [0.3, 0.4) is 0 Å². The van der Waals surface area contributed by atoms with E-state index in [1.54, 1.807) is 17.8 Å². The summed E-state index contributed by atoms with van der Waals surface area (Å²) >= 11 is 1.44. The maximum atomic E-state index is 14.5. The molecular formula is C18H11F2N3S. The minimum atomic E-state index is -0.603. The average Bonchev–Trinajstić information content (AvgIpc) is 3.08. The molecule has 1 aromatic carbocycles. The Morgan fingerprint density at radius 1 is 0.958 bits per heavy atom. The molecule has 3 nitrogen and oxygen atoms in total. The molecule has 0 saturated heterocycles. The molecular weight excluding hydrogens is 328 g/mol. The van der Waals surface area contributed by atoms with Crippen LogP contribution in [0.1, 0.15) is 5.56 Å². The summed E-state index contributed by atoms with van der Waals surface area (Å²) in [6, 6.07) is 9.97. The van der Waals surface area contributed by atoms with E-state index in [-0.39, 0.29) is 11.1 Å². The van der Waals surface area contributed by atoms with Crippen molar-refractivity contribution < 1.29 is 8.78 Å². The van der Waals surface area contributed by atoms with E-state index >= 15 is 0 Å². The van der Waals surface area contributed by atoms with Crippen LogP contribution in [0.2, 0.25) is 0 Å². The number of fused-ring (bicyclic) bond motifs is 1. The summed E-state index contributed by atoms with van der Waals surface area (Å²) in [6.45, 7) is 1.42. The first-order valence-corrected chi connectivity index (χ1v) is 8.13. The fourth-order valence-electron chi connectivity index (χ4n) is 2.57. The lowest BCUT2D eigenvalue weighted by Crippen LogP contribution is -1.97. The van der Waals surface area contributed by atoms with E-state index < -0.39 is 11.6 Å². The molecule has 0 radical (unpaired) electrons. The van der Waals surface area contributed by atoms with Gasteiger partial charge in [0.05, 0.1) is 22.4 Å². The van der Waals surface area contributed by atoms with Gasteiger partial charge in [0.25, 0.3) is 0 Å². The Bertz CT molecular complexity index is 1060. The largest absolute Gasteiger partial charge is 0.255 e. The van der Waals surface area contributed by atoms with Crippen LogP contribution in [-0.4, -0.2) is 15.0 Å². The predicted octanol–water partition coefficient (Wildman–Crippen LogP) is 5.01. The van der Waals surface area contributed by atoms with Crippen molar-refractivity contribution in [2.24, 2.45) is 0 Å². The van der Waals surface area contributed by atoms with Crippen molar-refractivity contribution in [3.63, 3.8) is 0 Å². The molecule has 0 fully saturated rings. The van der Waals surface area contributed by atoms with Crippen molar-refractivity contribution >= 4 is 21.7 Å². The second-order valence-corrected chi connectivity index (χ2v) is 6.14. The van der Waals surface area contributed by atoms with Crippen molar-refractivity contribution in [3.05, 3.63) is 65.3 Å². The van der Waals surface area contributed by atoms with E-state index in [2.05, 4.69) is 15.0 Å². The molecule has 0 aliphatic carbocycles. The van der Waals surface area contributed by atoms with E-state index in [0.717, 1.165) is 10.3 Å². The molecule has 3 aromatic heterocycles. The van der Waals surface area contributed by atoms with Gasteiger partial charge in [-0.2, -0.15) is 0 Å². The van der Waals surface area contributed by atoms with Crippen molar-refractivity contribution in [1.29, 1.82) is 0 Å². The Morgan fingerprint density at radius 3 is 2.71 bits per heavy atom. The number of halogens is 2. The normalized spacial score (nSPS) is 11.1. The molecule has 0 aliphatic heterocycles. The van der Waals surface area contributed by atoms with Crippen LogP contribution in [-0.2, 0) is 0 Å². The third-order valence-electron chi connectivity index (χ3n) is 3.86. The molecule has 0 amide bonds. The van der Waals surface area contributed by atoms with Gasteiger partial charge in [-0.05, 0) is 43.3 Å². The molecule has 0 aliphatic rings.